The largest absolute Gasteiger partial charge is 0.497 e. The average Bonchev–Trinajstić information content (AvgIpc) is 3.06. The normalized spacial score (nSPS) is 21.3. The van der Waals surface area contributed by atoms with Crippen LogP contribution >= 0.6 is 0 Å². The second-order valence-corrected chi connectivity index (χ2v) is 12.2. The first-order valence-corrected chi connectivity index (χ1v) is 16.2. The van der Waals surface area contributed by atoms with E-state index in [1.54, 1.807) is 7.11 Å². The number of methoxy groups -OCH3 is 1. The average molecular weight is 599 g/mol. The van der Waals surface area contributed by atoms with Crippen molar-refractivity contribution in [2.75, 3.05) is 63.3 Å². The molecule has 8 nitrogen and oxygen atoms in total. The number of hydrogen-bond donors (Lipinski definition) is 2. The Bertz CT molecular complexity index is 1370. The Kier molecular flexibility index (Phi) is 10.0. The predicted molar refractivity (Wildman–Crippen MR) is 175 cm³/mol. The Morgan fingerprint density at radius 3 is 2.50 bits per heavy atom. The zero-order valence-electron chi connectivity index (χ0n) is 26.1. The molecular weight excluding hydrogens is 552 g/mol. The molecule has 2 N–H and O–H groups in total. The first-order valence-electron chi connectivity index (χ1n) is 16.2. The van der Waals surface area contributed by atoms with Gasteiger partial charge < -0.3 is 29.7 Å². The van der Waals surface area contributed by atoms with Gasteiger partial charge in [0, 0.05) is 37.1 Å². The molecule has 3 unspecified atom stereocenters. The highest BCUT2D eigenvalue weighted by Crippen LogP contribution is 2.38. The van der Waals surface area contributed by atoms with Crippen molar-refractivity contribution in [3.05, 3.63) is 83.4 Å². The summed E-state index contributed by atoms with van der Waals surface area (Å²) >= 11 is 0. The van der Waals surface area contributed by atoms with Gasteiger partial charge in [-0.05, 0) is 104 Å². The third-order valence-corrected chi connectivity index (χ3v) is 9.25. The number of carbonyl (C=O) groups excluding carboxylic acids is 1. The predicted octanol–water partition coefficient (Wildman–Crippen LogP) is 5.22. The second kappa shape index (κ2) is 14.5. The van der Waals surface area contributed by atoms with Crippen LogP contribution in [-0.2, 0) is 22.4 Å². The number of anilines is 2. The molecule has 0 aliphatic carbocycles. The molecule has 3 aliphatic rings. The quantitative estimate of drug-likeness (QED) is 0.332. The van der Waals surface area contributed by atoms with Crippen LogP contribution in [-0.4, -0.2) is 76.0 Å². The van der Waals surface area contributed by atoms with Crippen LogP contribution in [0, 0.1) is 0 Å². The molecule has 44 heavy (non-hydrogen) atoms. The van der Waals surface area contributed by atoms with Crippen molar-refractivity contribution in [2.45, 2.75) is 57.2 Å². The molecule has 6 rings (SSSR count). The lowest BCUT2D eigenvalue weighted by atomic mass is 9.88. The molecule has 3 aromatic carbocycles. The Morgan fingerprint density at radius 1 is 1.00 bits per heavy atom. The van der Waals surface area contributed by atoms with Crippen molar-refractivity contribution in [1.82, 2.24) is 10.2 Å². The van der Waals surface area contributed by atoms with E-state index in [9.17, 15) is 4.79 Å². The summed E-state index contributed by atoms with van der Waals surface area (Å²) < 4.78 is 17.3. The molecule has 3 atom stereocenters. The van der Waals surface area contributed by atoms with Crippen LogP contribution in [0.5, 0.6) is 11.5 Å². The number of ether oxygens (including phenoxy) is 3. The topological polar surface area (TPSA) is 75.3 Å². The van der Waals surface area contributed by atoms with Gasteiger partial charge in [0.25, 0.3) is 0 Å². The molecule has 3 aromatic rings. The number of rotatable bonds is 10. The number of amides is 1. The van der Waals surface area contributed by atoms with E-state index in [-0.39, 0.29) is 18.1 Å². The van der Waals surface area contributed by atoms with Crippen molar-refractivity contribution >= 4 is 17.3 Å². The molecule has 3 aliphatic heterocycles. The summed E-state index contributed by atoms with van der Waals surface area (Å²) in [6.07, 6.45) is 5.65. The van der Waals surface area contributed by atoms with Crippen molar-refractivity contribution < 1.29 is 19.0 Å². The Hall–Kier alpha value is -3.59. The van der Waals surface area contributed by atoms with Gasteiger partial charge >= 0.3 is 0 Å². The van der Waals surface area contributed by atoms with Gasteiger partial charge in [-0.25, -0.2) is 0 Å². The standard InChI is InChI=1S/C36H46N4O4/c1-26(34-5-3-4-17-37-34)44-31-12-6-27(7-13-31)23-35-33-15-14-32(42-2)24-28(33)16-18-40(35)30-10-8-29(9-11-30)38-36(41)25-39-19-21-43-22-20-39/h6-15,24,26,34-35,37H,3-5,16-23,25H2,1-2H3,(H,38,41). The van der Waals surface area contributed by atoms with Crippen molar-refractivity contribution in [1.29, 1.82) is 0 Å². The number of benzene rings is 3. The van der Waals surface area contributed by atoms with Crippen LogP contribution in [0.3, 0.4) is 0 Å². The summed E-state index contributed by atoms with van der Waals surface area (Å²) in [6, 6.07) is 24.0. The molecular formula is C36H46N4O4. The van der Waals surface area contributed by atoms with E-state index < -0.39 is 0 Å². The molecule has 0 saturated carbocycles. The maximum atomic E-state index is 12.6. The third kappa shape index (κ3) is 7.54. The zero-order valence-corrected chi connectivity index (χ0v) is 26.1. The minimum Gasteiger partial charge on any atom is -0.497 e. The summed E-state index contributed by atoms with van der Waals surface area (Å²) in [6.45, 7) is 7.50. The molecule has 1 amide bonds. The van der Waals surface area contributed by atoms with E-state index in [2.05, 4.69) is 82.0 Å². The van der Waals surface area contributed by atoms with Crippen LogP contribution in [0.15, 0.2) is 66.7 Å². The number of morpholine rings is 1. The van der Waals surface area contributed by atoms with Gasteiger partial charge in [-0.15, -0.1) is 0 Å². The fraction of sp³-hybridized carbons (Fsp3) is 0.472. The van der Waals surface area contributed by atoms with Crippen LogP contribution in [0.25, 0.3) is 0 Å². The number of piperidine rings is 1. The van der Waals surface area contributed by atoms with Crippen LogP contribution in [0.4, 0.5) is 11.4 Å². The van der Waals surface area contributed by atoms with Crippen molar-refractivity contribution in [2.24, 2.45) is 0 Å². The van der Waals surface area contributed by atoms with Crippen LogP contribution in [0.1, 0.15) is 48.9 Å². The lowest BCUT2D eigenvalue weighted by Gasteiger charge is -2.39. The van der Waals surface area contributed by atoms with E-state index in [4.69, 9.17) is 14.2 Å². The summed E-state index contributed by atoms with van der Waals surface area (Å²) in [4.78, 5) is 17.3. The summed E-state index contributed by atoms with van der Waals surface area (Å²) in [5.41, 5.74) is 5.91. The summed E-state index contributed by atoms with van der Waals surface area (Å²) in [7, 11) is 1.73. The molecule has 3 heterocycles. The zero-order chi connectivity index (χ0) is 30.3. The number of carbonyl (C=O) groups is 1. The SMILES string of the molecule is COc1ccc2c(c1)CCN(c1ccc(NC(=O)CN3CCOCC3)cc1)C2Cc1ccc(OC(C)C2CCCCN2)cc1. The van der Waals surface area contributed by atoms with E-state index in [0.29, 0.717) is 25.8 Å². The van der Waals surface area contributed by atoms with Gasteiger partial charge in [-0.2, -0.15) is 0 Å². The maximum absolute atomic E-state index is 12.6. The molecule has 8 heteroatoms. The monoisotopic (exact) mass is 598 g/mol. The molecule has 0 bridgehead atoms. The van der Waals surface area contributed by atoms with Gasteiger partial charge in [-0.1, -0.05) is 24.6 Å². The van der Waals surface area contributed by atoms with E-state index >= 15 is 0 Å². The van der Waals surface area contributed by atoms with Gasteiger partial charge in [0.05, 0.1) is 32.9 Å². The fourth-order valence-corrected chi connectivity index (χ4v) is 6.75. The third-order valence-electron chi connectivity index (χ3n) is 9.25. The fourth-order valence-electron chi connectivity index (χ4n) is 6.75. The minimum atomic E-state index is 0.00944. The van der Waals surface area contributed by atoms with E-state index in [1.165, 1.54) is 36.0 Å². The highest BCUT2D eigenvalue weighted by Gasteiger charge is 2.29. The smallest absolute Gasteiger partial charge is 0.238 e. The van der Waals surface area contributed by atoms with E-state index in [1.807, 2.05) is 12.1 Å². The Balaban J connectivity index is 1.16. The maximum Gasteiger partial charge on any atom is 0.238 e. The number of nitrogens with one attached hydrogen (secondary N) is 2. The minimum absolute atomic E-state index is 0.00944. The van der Waals surface area contributed by atoms with Crippen molar-refractivity contribution in [3.8, 4) is 11.5 Å². The van der Waals surface area contributed by atoms with Gasteiger partial charge in [-0.3, -0.25) is 9.69 Å². The Morgan fingerprint density at radius 2 is 1.77 bits per heavy atom. The van der Waals surface area contributed by atoms with Crippen LogP contribution < -0.4 is 25.0 Å². The first kappa shape index (κ1) is 30.4. The lowest BCUT2D eigenvalue weighted by Crippen LogP contribution is -2.44. The number of hydrogen-bond acceptors (Lipinski definition) is 7. The Labute approximate surface area is 261 Å². The summed E-state index contributed by atoms with van der Waals surface area (Å²) in [5.74, 6) is 1.83. The van der Waals surface area contributed by atoms with Crippen LogP contribution in [0.2, 0.25) is 0 Å². The first-order chi connectivity index (χ1) is 21.6. The van der Waals surface area contributed by atoms with Gasteiger partial charge in [0.2, 0.25) is 5.91 Å². The van der Waals surface area contributed by atoms with Gasteiger partial charge in [0.15, 0.2) is 0 Å². The second-order valence-electron chi connectivity index (χ2n) is 12.2. The molecule has 2 fully saturated rings. The summed E-state index contributed by atoms with van der Waals surface area (Å²) in [5, 5.41) is 6.67. The molecule has 234 valence electrons. The molecule has 0 aromatic heterocycles. The number of nitrogens with zero attached hydrogens (tertiary/aromatic N) is 2. The highest BCUT2D eigenvalue weighted by molar-refractivity contribution is 5.92. The van der Waals surface area contributed by atoms with Crippen molar-refractivity contribution in [3.63, 3.8) is 0 Å². The number of fused-ring (bicyclic) bond motifs is 1. The lowest BCUT2D eigenvalue weighted by molar-refractivity contribution is -0.118. The van der Waals surface area contributed by atoms with Gasteiger partial charge in [0.1, 0.15) is 17.6 Å². The molecule has 0 spiro atoms. The molecule has 0 radical (unpaired) electrons. The molecule has 2 saturated heterocycles. The van der Waals surface area contributed by atoms with E-state index in [0.717, 1.165) is 61.9 Å². The highest BCUT2D eigenvalue weighted by atomic mass is 16.5.